The van der Waals surface area contributed by atoms with Crippen molar-refractivity contribution < 1.29 is 8.42 Å². The van der Waals surface area contributed by atoms with Crippen molar-refractivity contribution in [3.05, 3.63) is 35.9 Å². The molecule has 0 bridgehead atoms. The third kappa shape index (κ3) is 3.10. The van der Waals surface area contributed by atoms with Gasteiger partial charge in [-0.3, -0.25) is 0 Å². The van der Waals surface area contributed by atoms with Crippen molar-refractivity contribution >= 4 is 10.0 Å². The minimum Gasteiger partial charge on any atom is -0.313 e. The van der Waals surface area contributed by atoms with Gasteiger partial charge in [0.15, 0.2) is 0 Å². The molecular formula is C13H20N2O2S. The number of nitrogens with zero attached hydrogens (tertiary/aromatic N) is 1. The van der Waals surface area contributed by atoms with E-state index in [1.807, 2.05) is 37.3 Å². The molecule has 4 nitrogen and oxygen atoms in total. The minimum atomic E-state index is -3.20. The number of nitrogens with one attached hydrogen (secondary N) is 1. The van der Waals surface area contributed by atoms with Gasteiger partial charge in [-0.1, -0.05) is 37.3 Å². The van der Waals surface area contributed by atoms with Gasteiger partial charge >= 0.3 is 0 Å². The lowest BCUT2D eigenvalue weighted by Crippen LogP contribution is -2.59. The number of hydrogen-bond donors (Lipinski definition) is 1. The standard InChI is InChI=1S/C13H20N2O2S/c1-2-8-15(13-9-14-10-13)18(16,17)11-12-6-4-3-5-7-12/h3-7,13-14H,2,8-11H2,1H3. The molecule has 0 amide bonds. The highest BCUT2D eigenvalue weighted by Crippen LogP contribution is 2.16. The predicted molar refractivity (Wildman–Crippen MR) is 72.7 cm³/mol. The van der Waals surface area contributed by atoms with E-state index in [4.69, 9.17) is 0 Å². The molecule has 0 spiro atoms. The Balaban J connectivity index is 2.12. The Morgan fingerprint density at radius 2 is 1.94 bits per heavy atom. The zero-order valence-corrected chi connectivity index (χ0v) is 11.5. The maximum Gasteiger partial charge on any atom is 0.218 e. The maximum atomic E-state index is 12.4. The summed E-state index contributed by atoms with van der Waals surface area (Å²) in [6, 6.07) is 9.51. The average Bonchev–Trinajstić information content (AvgIpc) is 2.27. The van der Waals surface area contributed by atoms with E-state index >= 15 is 0 Å². The van der Waals surface area contributed by atoms with Crippen LogP contribution in [0.15, 0.2) is 30.3 Å². The number of rotatable bonds is 6. The van der Waals surface area contributed by atoms with Crippen LogP contribution in [0, 0.1) is 0 Å². The molecule has 1 saturated heterocycles. The molecule has 1 fully saturated rings. The smallest absolute Gasteiger partial charge is 0.218 e. The van der Waals surface area contributed by atoms with Gasteiger partial charge in [-0.2, -0.15) is 4.31 Å². The molecule has 100 valence electrons. The van der Waals surface area contributed by atoms with Crippen molar-refractivity contribution in [1.82, 2.24) is 9.62 Å². The van der Waals surface area contributed by atoms with E-state index in [-0.39, 0.29) is 11.8 Å². The molecule has 0 radical (unpaired) electrons. The fraction of sp³-hybridized carbons (Fsp3) is 0.538. The highest BCUT2D eigenvalue weighted by molar-refractivity contribution is 7.88. The van der Waals surface area contributed by atoms with Crippen LogP contribution in [0.2, 0.25) is 0 Å². The second kappa shape index (κ2) is 5.82. The molecule has 1 aliphatic rings. The summed E-state index contributed by atoms with van der Waals surface area (Å²) in [7, 11) is -3.20. The fourth-order valence-corrected chi connectivity index (χ4v) is 3.96. The van der Waals surface area contributed by atoms with Gasteiger partial charge in [0.1, 0.15) is 0 Å². The van der Waals surface area contributed by atoms with E-state index < -0.39 is 10.0 Å². The van der Waals surface area contributed by atoms with Crippen LogP contribution in [0.1, 0.15) is 18.9 Å². The summed E-state index contributed by atoms with van der Waals surface area (Å²) in [5.74, 6) is 0.102. The molecule has 0 aliphatic carbocycles. The van der Waals surface area contributed by atoms with Gasteiger partial charge < -0.3 is 5.32 Å². The van der Waals surface area contributed by atoms with Gasteiger partial charge in [0.25, 0.3) is 0 Å². The second-order valence-corrected chi connectivity index (χ2v) is 6.59. The Morgan fingerprint density at radius 1 is 1.28 bits per heavy atom. The Morgan fingerprint density at radius 3 is 2.44 bits per heavy atom. The SMILES string of the molecule is CCCN(C1CNC1)S(=O)(=O)Cc1ccccc1. The Hall–Kier alpha value is -0.910. The summed E-state index contributed by atoms with van der Waals surface area (Å²) in [5, 5.41) is 3.13. The van der Waals surface area contributed by atoms with E-state index in [0.29, 0.717) is 6.54 Å². The van der Waals surface area contributed by atoms with Crippen LogP contribution in [0.25, 0.3) is 0 Å². The van der Waals surface area contributed by atoms with E-state index in [0.717, 1.165) is 25.1 Å². The normalized spacial score (nSPS) is 16.8. The molecule has 0 unspecified atom stereocenters. The van der Waals surface area contributed by atoms with Crippen LogP contribution in [-0.2, 0) is 15.8 Å². The molecular weight excluding hydrogens is 248 g/mol. The number of benzene rings is 1. The third-order valence-corrected chi connectivity index (χ3v) is 5.05. The van der Waals surface area contributed by atoms with E-state index in [9.17, 15) is 8.42 Å². The second-order valence-electron chi connectivity index (χ2n) is 4.66. The van der Waals surface area contributed by atoms with E-state index in [2.05, 4.69) is 5.32 Å². The van der Waals surface area contributed by atoms with Crippen LogP contribution in [-0.4, -0.2) is 38.4 Å². The molecule has 2 rings (SSSR count). The molecule has 1 aromatic carbocycles. The van der Waals surface area contributed by atoms with Gasteiger partial charge in [0, 0.05) is 25.7 Å². The molecule has 1 aromatic rings. The molecule has 0 atom stereocenters. The molecule has 1 aliphatic heterocycles. The summed E-state index contributed by atoms with van der Waals surface area (Å²) >= 11 is 0. The molecule has 1 heterocycles. The van der Waals surface area contributed by atoms with Crippen molar-refractivity contribution in [3.8, 4) is 0 Å². The van der Waals surface area contributed by atoms with Gasteiger partial charge in [-0.15, -0.1) is 0 Å². The average molecular weight is 268 g/mol. The molecule has 0 aromatic heterocycles. The lowest BCUT2D eigenvalue weighted by atomic mass is 10.2. The molecule has 5 heteroatoms. The summed E-state index contributed by atoms with van der Waals surface area (Å²) in [4.78, 5) is 0. The molecule has 0 saturated carbocycles. The predicted octanol–water partition coefficient (Wildman–Crippen LogP) is 1.20. The topological polar surface area (TPSA) is 49.4 Å². The lowest BCUT2D eigenvalue weighted by molar-refractivity contribution is 0.241. The minimum absolute atomic E-state index is 0.102. The Labute approximate surface area is 109 Å². The monoisotopic (exact) mass is 268 g/mol. The van der Waals surface area contributed by atoms with Gasteiger partial charge in [0.2, 0.25) is 10.0 Å². The third-order valence-electron chi connectivity index (χ3n) is 3.16. The van der Waals surface area contributed by atoms with Crippen LogP contribution < -0.4 is 5.32 Å². The summed E-state index contributed by atoms with van der Waals surface area (Å²) in [5.41, 5.74) is 0.853. The van der Waals surface area contributed by atoms with Crippen LogP contribution in [0.4, 0.5) is 0 Å². The molecule has 18 heavy (non-hydrogen) atoms. The summed E-state index contributed by atoms with van der Waals surface area (Å²) in [6.07, 6.45) is 0.852. The Bertz CT molecular complexity index is 469. The summed E-state index contributed by atoms with van der Waals surface area (Å²) < 4.78 is 26.5. The highest BCUT2D eigenvalue weighted by Gasteiger charge is 2.32. The van der Waals surface area contributed by atoms with Crippen LogP contribution in [0.3, 0.4) is 0 Å². The first-order valence-electron chi connectivity index (χ1n) is 6.37. The zero-order valence-electron chi connectivity index (χ0n) is 10.7. The quantitative estimate of drug-likeness (QED) is 0.843. The van der Waals surface area contributed by atoms with Gasteiger partial charge in [-0.25, -0.2) is 8.42 Å². The highest BCUT2D eigenvalue weighted by atomic mass is 32.2. The number of sulfonamides is 1. The van der Waals surface area contributed by atoms with Crippen molar-refractivity contribution in [1.29, 1.82) is 0 Å². The largest absolute Gasteiger partial charge is 0.313 e. The van der Waals surface area contributed by atoms with E-state index in [1.54, 1.807) is 4.31 Å². The van der Waals surface area contributed by atoms with Crippen molar-refractivity contribution in [2.24, 2.45) is 0 Å². The first kappa shape index (κ1) is 13.5. The fourth-order valence-electron chi connectivity index (χ4n) is 2.11. The van der Waals surface area contributed by atoms with Crippen molar-refractivity contribution in [3.63, 3.8) is 0 Å². The van der Waals surface area contributed by atoms with Gasteiger partial charge in [0.05, 0.1) is 5.75 Å². The molecule has 1 N–H and O–H groups in total. The van der Waals surface area contributed by atoms with Crippen LogP contribution in [0.5, 0.6) is 0 Å². The first-order chi connectivity index (χ1) is 8.63. The lowest BCUT2D eigenvalue weighted by Gasteiger charge is -2.37. The summed E-state index contributed by atoms with van der Waals surface area (Å²) in [6.45, 7) is 4.17. The number of hydrogen-bond acceptors (Lipinski definition) is 3. The maximum absolute atomic E-state index is 12.4. The van der Waals surface area contributed by atoms with Crippen molar-refractivity contribution in [2.45, 2.75) is 25.1 Å². The van der Waals surface area contributed by atoms with E-state index in [1.165, 1.54) is 0 Å². The van der Waals surface area contributed by atoms with Crippen molar-refractivity contribution in [2.75, 3.05) is 19.6 Å². The van der Waals surface area contributed by atoms with Crippen LogP contribution >= 0.6 is 0 Å². The first-order valence-corrected chi connectivity index (χ1v) is 7.98. The Kier molecular flexibility index (Phi) is 4.37. The zero-order chi connectivity index (χ0) is 13.0. The van der Waals surface area contributed by atoms with Gasteiger partial charge in [-0.05, 0) is 12.0 Å².